The molecular weight excluding hydrogens is 230 g/mol. The van der Waals surface area contributed by atoms with Crippen LogP contribution in [0.3, 0.4) is 0 Å². The predicted molar refractivity (Wildman–Crippen MR) is 68.7 cm³/mol. The van der Waals surface area contributed by atoms with Crippen molar-refractivity contribution in [1.29, 1.82) is 0 Å². The Morgan fingerprint density at radius 1 is 1.39 bits per heavy atom. The number of carbonyl (C=O) groups is 1. The maximum absolute atomic E-state index is 10.7. The van der Waals surface area contributed by atoms with E-state index in [0.717, 1.165) is 31.6 Å². The molecule has 0 saturated heterocycles. The summed E-state index contributed by atoms with van der Waals surface area (Å²) < 4.78 is 5.25. The van der Waals surface area contributed by atoms with E-state index in [4.69, 9.17) is 9.84 Å². The standard InChI is InChI=1S/C14H19NO3/c1-18-10-14(7-2-8-14)15-9-11-3-5-12(6-4-11)13(16)17/h3-6,15H,2,7-10H2,1H3,(H,16,17). The van der Waals surface area contributed by atoms with Crippen LogP contribution < -0.4 is 5.32 Å². The lowest BCUT2D eigenvalue weighted by atomic mass is 9.77. The molecule has 2 rings (SSSR count). The van der Waals surface area contributed by atoms with E-state index in [9.17, 15) is 4.79 Å². The minimum atomic E-state index is -0.885. The maximum atomic E-state index is 10.7. The van der Waals surface area contributed by atoms with Crippen LogP contribution >= 0.6 is 0 Å². The average molecular weight is 249 g/mol. The van der Waals surface area contributed by atoms with Crippen LogP contribution in [0, 0.1) is 0 Å². The molecule has 0 aliphatic heterocycles. The molecule has 2 N–H and O–H groups in total. The molecule has 1 aromatic rings. The highest BCUT2D eigenvalue weighted by Crippen LogP contribution is 2.32. The molecule has 0 spiro atoms. The largest absolute Gasteiger partial charge is 0.478 e. The van der Waals surface area contributed by atoms with Crippen molar-refractivity contribution in [3.8, 4) is 0 Å². The second-order valence-corrected chi connectivity index (χ2v) is 4.92. The van der Waals surface area contributed by atoms with Crippen LogP contribution in [-0.2, 0) is 11.3 Å². The van der Waals surface area contributed by atoms with Gasteiger partial charge >= 0.3 is 5.97 Å². The van der Waals surface area contributed by atoms with Gasteiger partial charge in [0, 0.05) is 19.2 Å². The van der Waals surface area contributed by atoms with Gasteiger partial charge in [0.15, 0.2) is 0 Å². The number of ether oxygens (including phenoxy) is 1. The topological polar surface area (TPSA) is 58.6 Å². The molecule has 1 fully saturated rings. The van der Waals surface area contributed by atoms with Crippen LogP contribution in [0.15, 0.2) is 24.3 Å². The van der Waals surface area contributed by atoms with Gasteiger partial charge in [0.2, 0.25) is 0 Å². The maximum Gasteiger partial charge on any atom is 0.335 e. The smallest absolute Gasteiger partial charge is 0.335 e. The second kappa shape index (κ2) is 5.50. The van der Waals surface area contributed by atoms with Crippen molar-refractivity contribution >= 4 is 5.97 Å². The third-order valence-corrected chi connectivity index (χ3v) is 3.60. The van der Waals surface area contributed by atoms with Crippen molar-refractivity contribution in [2.45, 2.75) is 31.3 Å². The average Bonchev–Trinajstić information content (AvgIpc) is 2.33. The van der Waals surface area contributed by atoms with Crippen molar-refractivity contribution in [3.05, 3.63) is 35.4 Å². The Kier molecular flexibility index (Phi) is 3.99. The Bertz CT molecular complexity index is 410. The molecule has 1 aliphatic rings. The number of carboxylic acids is 1. The predicted octanol–water partition coefficient (Wildman–Crippen LogP) is 2.04. The molecule has 1 aromatic carbocycles. The van der Waals surface area contributed by atoms with Gasteiger partial charge in [-0.05, 0) is 37.0 Å². The van der Waals surface area contributed by atoms with Crippen molar-refractivity contribution in [2.75, 3.05) is 13.7 Å². The minimum absolute atomic E-state index is 0.125. The van der Waals surface area contributed by atoms with E-state index in [1.165, 1.54) is 6.42 Å². The summed E-state index contributed by atoms with van der Waals surface area (Å²) in [5.74, 6) is -0.885. The Labute approximate surface area is 107 Å². The SMILES string of the molecule is COCC1(NCc2ccc(C(=O)O)cc2)CCC1. The van der Waals surface area contributed by atoms with Gasteiger partial charge in [0.25, 0.3) is 0 Å². The number of nitrogens with one attached hydrogen (secondary N) is 1. The monoisotopic (exact) mass is 249 g/mol. The summed E-state index contributed by atoms with van der Waals surface area (Å²) in [5.41, 5.74) is 1.55. The molecule has 4 heteroatoms. The van der Waals surface area contributed by atoms with Gasteiger partial charge in [-0.1, -0.05) is 12.1 Å². The first kappa shape index (κ1) is 13.1. The van der Waals surface area contributed by atoms with Crippen molar-refractivity contribution in [2.24, 2.45) is 0 Å². The van der Waals surface area contributed by atoms with Crippen LogP contribution in [0.5, 0.6) is 0 Å². The fraction of sp³-hybridized carbons (Fsp3) is 0.500. The Balaban J connectivity index is 1.91. The third kappa shape index (κ3) is 2.89. The van der Waals surface area contributed by atoms with Crippen LogP contribution in [0.2, 0.25) is 0 Å². The number of hydrogen-bond acceptors (Lipinski definition) is 3. The molecule has 0 bridgehead atoms. The van der Waals surface area contributed by atoms with Crippen molar-refractivity contribution in [1.82, 2.24) is 5.32 Å². The first-order chi connectivity index (χ1) is 8.65. The van der Waals surface area contributed by atoms with Gasteiger partial charge < -0.3 is 15.2 Å². The van der Waals surface area contributed by atoms with E-state index in [-0.39, 0.29) is 5.54 Å². The molecule has 0 atom stereocenters. The normalized spacial score (nSPS) is 17.2. The lowest BCUT2D eigenvalue weighted by Crippen LogP contribution is -2.53. The number of benzene rings is 1. The molecule has 98 valence electrons. The van der Waals surface area contributed by atoms with Gasteiger partial charge in [0.05, 0.1) is 12.2 Å². The van der Waals surface area contributed by atoms with E-state index >= 15 is 0 Å². The molecular formula is C14H19NO3. The molecule has 4 nitrogen and oxygen atoms in total. The van der Waals surface area contributed by atoms with Crippen molar-refractivity contribution in [3.63, 3.8) is 0 Å². The summed E-state index contributed by atoms with van der Waals surface area (Å²) in [6.45, 7) is 1.49. The lowest BCUT2D eigenvalue weighted by Gasteiger charge is -2.42. The van der Waals surface area contributed by atoms with E-state index in [1.54, 1.807) is 19.2 Å². The van der Waals surface area contributed by atoms with Crippen LogP contribution in [0.4, 0.5) is 0 Å². The molecule has 18 heavy (non-hydrogen) atoms. The number of methoxy groups -OCH3 is 1. The Morgan fingerprint density at radius 3 is 2.50 bits per heavy atom. The molecule has 0 radical (unpaired) electrons. The third-order valence-electron chi connectivity index (χ3n) is 3.60. The Morgan fingerprint density at radius 2 is 2.06 bits per heavy atom. The fourth-order valence-electron chi connectivity index (χ4n) is 2.31. The summed E-state index contributed by atoms with van der Waals surface area (Å²) in [6, 6.07) is 7.00. The minimum Gasteiger partial charge on any atom is -0.478 e. The Hall–Kier alpha value is -1.39. The van der Waals surface area contributed by atoms with E-state index in [2.05, 4.69) is 5.32 Å². The highest BCUT2D eigenvalue weighted by molar-refractivity contribution is 5.87. The molecule has 0 aromatic heterocycles. The van der Waals surface area contributed by atoms with Crippen LogP contribution in [0.1, 0.15) is 35.2 Å². The molecule has 1 aliphatic carbocycles. The van der Waals surface area contributed by atoms with Gasteiger partial charge in [-0.15, -0.1) is 0 Å². The zero-order valence-electron chi connectivity index (χ0n) is 10.6. The number of hydrogen-bond donors (Lipinski definition) is 2. The lowest BCUT2D eigenvalue weighted by molar-refractivity contribution is 0.0549. The highest BCUT2D eigenvalue weighted by atomic mass is 16.5. The van der Waals surface area contributed by atoms with Crippen LogP contribution in [0.25, 0.3) is 0 Å². The van der Waals surface area contributed by atoms with Gasteiger partial charge in [-0.25, -0.2) is 4.79 Å². The summed E-state index contributed by atoms with van der Waals surface area (Å²) in [4.78, 5) is 10.7. The zero-order chi connectivity index (χ0) is 13.0. The van der Waals surface area contributed by atoms with Crippen LogP contribution in [-0.4, -0.2) is 30.3 Å². The second-order valence-electron chi connectivity index (χ2n) is 4.92. The molecule has 0 unspecified atom stereocenters. The molecule has 1 saturated carbocycles. The summed E-state index contributed by atoms with van der Waals surface area (Å²) in [5, 5.41) is 12.3. The quantitative estimate of drug-likeness (QED) is 0.810. The van der Waals surface area contributed by atoms with E-state index in [0.29, 0.717) is 5.56 Å². The molecule has 0 amide bonds. The van der Waals surface area contributed by atoms with Gasteiger partial charge in [-0.3, -0.25) is 0 Å². The van der Waals surface area contributed by atoms with Gasteiger partial charge in [0.1, 0.15) is 0 Å². The number of aromatic carboxylic acids is 1. The van der Waals surface area contributed by atoms with E-state index in [1.807, 2.05) is 12.1 Å². The summed E-state index contributed by atoms with van der Waals surface area (Å²) in [6.07, 6.45) is 3.54. The fourth-order valence-corrected chi connectivity index (χ4v) is 2.31. The number of carboxylic acid groups (broad SMARTS) is 1. The van der Waals surface area contributed by atoms with Crippen molar-refractivity contribution < 1.29 is 14.6 Å². The summed E-state index contributed by atoms with van der Waals surface area (Å²) >= 11 is 0. The highest BCUT2D eigenvalue weighted by Gasteiger charge is 2.36. The summed E-state index contributed by atoms with van der Waals surface area (Å²) in [7, 11) is 1.73. The first-order valence-corrected chi connectivity index (χ1v) is 6.21. The first-order valence-electron chi connectivity index (χ1n) is 6.21. The van der Waals surface area contributed by atoms with E-state index < -0.39 is 5.97 Å². The zero-order valence-corrected chi connectivity index (χ0v) is 10.6. The number of rotatable bonds is 6. The van der Waals surface area contributed by atoms with Gasteiger partial charge in [-0.2, -0.15) is 0 Å². The molecule has 0 heterocycles.